The first kappa shape index (κ1) is 25.2. The maximum absolute atomic E-state index is 6.01. The molecular weight excluding hydrogens is 501 g/mol. The van der Waals surface area contributed by atoms with Crippen molar-refractivity contribution in [3.8, 4) is 5.75 Å². The van der Waals surface area contributed by atoms with Gasteiger partial charge in [-0.15, -0.1) is 24.0 Å². The lowest BCUT2D eigenvalue weighted by Crippen LogP contribution is -2.49. The molecule has 2 heterocycles. The van der Waals surface area contributed by atoms with Crippen LogP contribution in [-0.4, -0.2) is 49.3 Å². The van der Waals surface area contributed by atoms with E-state index in [9.17, 15) is 0 Å². The molecule has 0 amide bonds. The van der Waals surface area contributed by atoms with E-state index in [1.54, 1.807) is 0 Å². The summed E-state index contributed by atoms with van der Waals surface area (Å²) < 4.78 is 6.01. The zero-order valence-electron chi connectivity index (χ0n) is 19.1. The molecule has 1 fully saturated rings. The first-order valence-electron chi connectivity index (χ1n) is 11.0. The molecule has 31 heavy (non-hydrogen) atoms. The summed E-state index contributed by atoms with van der Waals surface area (Å²) in [6.45, 7) is 11.7. The van der Waals surface area contributed by atoms with Crippen LogP contribution in [0.2, 0.25) is 0 Å². The van der Waals surface area contributed by atoms with Gasteiger partial charge in [0, 0.05) is 31.9 Å². The number of hydrogen-bond acceptors (Lipinski definition) is 4. The molecule has 0 bridgehead atoms. The number of hydrogen-bond donors (Lipinski definition) is 2. The Morgan fingerprint density at radius 2 is 1.97 bits per heavy atom. The molecular formula is C24H36IN5O. The van der Waals surface area contributed by atoms with Crippen molar-refractivity contribution in [2.45, 2.75) is 52.7 Å². The van der Waals surface area contributed by atoms with Gasteiger partial charge in [0.2, 0.25) is 0 Å². The van der Waals surface area contributed by atoms with Gasteiger partial charge in [-0.2, -0.15) is 0 Å². The van der Waals surface area contributed by atoms with Gasteiger partial charge in [-0.1, -0.05) is 18.2 Å². The van der Waals surface area contributed by atoms with E-state index in [0.29, 0.717) is 12.6 Å². The number of nitrogens with one attached hydrogen (secondary N) is 2. The highest BCUT2D eigenvalue weighted by atomic mass is 127. The summed E-state index contributed by atoms with van der Waals surface area (Å²) in [5.74, 6) is 2.83. The van der Waals surface area contributed by atoms with Crippen molar-refractivity contribution in [2.75, 3.05) is 31.1 Å². The van der Waals surface area contributed by atoms with Gasteiger partial charge in [0.25, 0.3) is 0 Å². The number of aryl methyl sites for hydroxylation is 2. The summed E-state index contributed by atoms with van der Waals surface area (Å²) in [4.78, 5) is 11.7. The highest BCUT2D eigenvalue weighted by Crippen LogP contribution is 2.18. The van der Waals surface area contributed by atoms with Crippen LogP contribution >= 0.6 is 24.0 Å². The zero-order chi connectivity index (χ0) is 21.3. The molecule has 170 valence electrons. The minimum atomic E-state index is 0. The Balaban J connectivity index is 0.00000341. The van der Waals surface area contributed by atoms with Crippen LogP contribution in [0.4, 0.5) is 5.82 Å². The third-order valence-corrected chi connectivity index (χ3v) is 5.23. The number of halogens is 1. The number of aliphatic imine (C=N–C) groups is 1. The van der Waals surface area contributed by atoms with Crippen molar-refractivity contribution in [1.29, 1.82) is 0 Å². The van der Waals surface area contributed by atoms with Crippen molar-refractivity contribution >= 4 is 35.8 Å². The standard InChI is InChI=1S/C24H35N5O.HI/c1-5-25-24(27-17-20(4)30-22-8-6-7-18(2)15-22)28-21-11-13-29(14-12-21)23-10-9-19(3)16-26-23;/h6-10,15-16,20-21H,5,11-14,17H2,1-4H3,(H2,25,27,28);1H. The van der Waals surface area contributed by atoms with E-state index in [2.05, 4.69) is 72.5 Å². The van der Waals surface area contributed by atoms with Crippen LogP contribution in [0.1, 0.15) is 37.8 Å². The number of aromatic nitrogens is 1. The van der Waals surface area contributed by atoms with E-state index >= 15 is 0 Å². The van der Waals surface area contributed by atoms with E-state index in [1.807, 2.05) is 18.3 Å². The molecule has 7 heteroatoms. The molecule has 0 saturated carbocycles. The molecule has 1 aromatic carbocycles. The number of piperidine rings is 1. The molecule has 6 nitrogen and oxygen atoms in total. The summed E-state index contributed by atoms with van der Waals surface area (Å²) >= 11 is 0. The van der Waals surface area contributed by atoms with Crippen molar-refractivity contribution in [3.05, 3.63) is 53.7 Å². The molecule has 1 aliphatic rings. The van der Waals surface area contributed by atoms with Gasteiger partial charge in [0.05, 0.1) is 6.54 Å². The highest BCUT2D eigenvalue weighted by Gasteiger charge is 2.21. The van der Waals surface area contributed by atoms with E-state index in [1.165, 1.54) is 11.1 Å². The second kappa shape index (κ2) is 12.7. The highest BCUT2D eigenvalue weighted by molar-refractivity contribution is 14.0. The first-order chi connectivity index (χ1) is 14.5. The van der Waals surface area contributed by atoms with Crippen LogP contribution in [0, 0.1) is 13.8 Å². The van der Waals surface area contributed by atoms with Gasteiger partial charge >= 0.3 is 0 Å². The number of benzene rings is 1. The predicted octanol–water partition coefficient (Wildman–Crippen LogP) is 4.31. The normalized spacial score (nSPS) is 15.7. The topological polar surface area (TPSA) is 61.8 Å². The average Bonchev–Trinajstić information content (AvgIpc) is 2.73. The smallest absolute Gasteiger partial charge is 0.191 e. The fourth-order valence-electron chi connectivity index (χ4n) is 3.59. The summed E-state index contributed by atoms with van der Waals surface area (Å²) in [7, 11) is 0. The number of anilines is 1. The van der Waals surface area contributed by atoms with E-state index < -0.39 is 0 Å². The number of guanidine groups is 1. The molecule has 1 aliphatic heterocycles. The quantitative estimate of drug-likeness (QED) is 0.313. The number of nitrogens with zero attached hydrogens (tertiary/aromatic N) is 3. The Bertz CT molecular complexity index is 819. The monoisotopic (exact) mass is 537 g/mol. The summed E-state index contributed by atoms with van der Waals surface area (Å²) in [5.41, 5.74) is 2.40. The second-order valence-corrected chi connectivity index (χ2v) is 8.06. The van der Waals surface area contributed by atoms with Crippen LogP contribution in [0.15, 0.2) is 47.6 Å². The molecule has 1 saturated heterocycles. The Labute approximate surface area is 203 Å². The van der Waals surface area contributed by atoms with Crippen LogP contribution in [0.25, 0.3) is 0 Å². The molecule has 1 unspecified atom stereocenters. The maximum atomic E-state index is 6.01. The molecule has 2 N–H and O–H groups in total. The second-order valence-electron chi connectivity index (χ2n) is 8.06. The average molecular weight is 537 g/mol. The number of rotatable bonds is 7. The first-order valence-corrected chi connectivity index (χ1v) is 11.0. The van der Waals surface area contributed by atoms with Crippen LogP contribution in [0.5, 0.6) is 5.75 Å². The summed E-state index contributed by atoms with van der Waals surface area (Å²) in [6.07, 6.45) is 4.08. The molecule has 0 spiro atoms. The molecule has 2 aromatic rings. The minimum Gasteiger partial charge on any atom is -0.489 e. The maximum Gasteiger partial charge on any atom is 0.191 e. The molecule has 0 radical (unpaired) electrons. The van der Waals surface area contributed by atoms with Crippen molar-refractivity contribution in [1.82, 2.24) is 15.6 Å². The lowest BCUT2D eigenvalue weighted by molar-refractivity contribution is 0.230. The number of pyridine rings is 1. The van der Waals surface area contributed by atoms with Crippen molar-refractivity contribution < 1.29 is 4.74 Å². The van der Waals surface area contributed by atoms with Crippen molar-refractivity contribution in [3.63, 3.8) is 0 Å². The molecule has 0 aliphatic carbocycles. The van der Waals surface area contributed by atoms with Crippen molar-refractivity contribution in [2.24, 2.45) is 4.99 Å². The third-order valence-electron chi connectivity index (χ3n) is 5.23. The summed E-state index contributed by atoms with van der Waals surface area (Å²) in [6, 6.07) is 12.8. The van der Waals surface area contributed by atoms with Crippen LogP contribution in [0.3, 0.4) is 0 Å². The SMILES string of the molecule is CCNC(=NCC(C)Oc1cccc(C)c1)NC1CCN(c2ccc(C)cn2)CC1.I. The lowest BCUT2D eigenvalue weighted by atomic mass is 10.1. The van der Waals surface area contributed by atoms with Crippen LogP contribution in [-0.2, 0) is 0 Å². The Kier molecular flexibility index (Phi) is 10.4. The molecule has 1 atom stereocenters. The predicted molar refractivity (Wildman–Crippen MR) is 140 cm³/mol. The number of ether oxygens (including phenoxy) is 1. The minimum absolute atomic E-state index is 0. The molecule has 1 aromatic heterocycles. The Hall–Kier alpha value is -2.03. The van der Waals surface area contributed by atoms with Gasteiger partial charge in [0.1, 0.15) is 17.7 Å². The van der Waals surface area contributed by atoms with Gasteiger partial charge < -0.3 is 20.3 Å². The molecule has 3 rings (SSSR count). The van der Waals surface area contributed by atoms with Crippen LogP contribution < -0.4 is 20.3 Å². The van der Waals surface area contributed by atoms with E-state index in [0.717, 1.165) is 50.0 Å². The fraction of sp³-hybridized carbons (Fsp3) is 0.500. The Morgan fingerprint density at radius 1 is 1.19 bits per heavy atom. The van der Waals surface area contributed by atoms with E-state index in [4.69, 9.17) is 9.73 Å². The zero-order valence-corrected chi connectivity index (χ0v) is 21.4. The third kappa shape index (κ3) is 8.20. The van der Waals surface area contributed by atoms with Gasteiger partial charge in [0.15, 0.2) is 5.96 Å². The Morgan fingerprint density at radius 3 is 2.61 bits per heavy atom. The van der Waals surface area contributed by atoms with Gasteiger partial charge in [-0.25, -0.2) is 9.98 Å². The van der Waals surface area contributed by atoms with Gasteiger partial charge in [-0.05, 0) is 69.9 Å². The fourth-order valence-corrected chi connectivity index (χ4v) is 3.59. The lowest BCUT2D eigenvalue weighted by Gasteiger charge is -2.34. The van der Waals surface area contributed by atoms with E-state index in [-0.39, 0.29) is 30.1 Å². The largest absolute Gasteiger partial charge is 0.489 e. The van der Waals surface area contributed by atoms with Gasteiger partial charge in [-0.3, -0.25) is 0 Å². The summed E-state index contributed by atoms with van der Waals surface area (Å²) in [5, 5.41) is 6.97.